The van der Waals surface area contributed by atoms with E-state index < -0.39 is 11.7 Å². The summed E-state index contributed by atoms with van der Waals surface area (Å²) in [5.74, 6) is -0.279. The van der Waals surface area contributed by atoms with Gasteiger partial charge in [-0.05, 0) is 31.0 Å². The van der Waals surface area contributed by atoms with E-state index >= 15 is 0 Å². The molecule has 126 valence electrons. The molecule has 1 N–H and O–H groups in total. The first-order valence-corrected chi connectivity index (χ1v) is 7.51. The van der Waals surface area contributed by atoms with E-state index in [1.54, 1.807) is 4.90 Å². The first kappa shape index (κ1) is 16.2. The number of likely N-dealkylation sites (tertiary alicyclic amines) is 1. The van der Waals surface area contributed by atoms with Crippen LogP contribution in [-0.4, -0.2) is 33.9 Å². The molecule has 0 atom stereocenters. The number of nitrogens with zero attached hydrogens (tertiary/aromatic N) is 3. The summed E-state index contributed by atoms with van der Waals surface area (Å²) in [4.78, 5) is 21.9. The van der Waals surface area contributed by atoms with Crippen molar-refractivity contribution in [3.8, 4) is 0 Å². The Morgan fingerprint density at radius 2 is 1.83 bits per heavy atom. The van der Waals surface area contributed by atoms with Gasteiger partial charge in [0, 0.05) is 19.3 Å². The Kier molecular flexibility index (Phi) is 4.37. The highest BCUT2D eigenvalue weighted by atomic mass is 19.4. The predicted octanol–water partition coefficient (Wildman–Crippen LogP) is 3.48. The van der Waals surface area contributed by atoms with Crippen molar-refractivity contribution in [3.05, 3.63) is 47.8 Å². The maximum Gasteiger partial charge on any atom is 0.418 e. The fraction of sp³-hybridized carbons (Fsp3) is 0.312. The number of benzene rings is 1. The largest absolute Gasteiger partial charge is 0.418 e. The molecule has 5 nitrogen and oxygen atoms in total. The Balaban J connectivity index is 1.84. The summed E-state index contributed by atoms with van der Waals surface area (Å²) in [5.41, 5.74) is -0.806. The number of anilines is 2. The molecular formula is C16H15F3N4O. The molecule has 0 unspecified atom stereocenters. The average Bonchev–Trinajstić information content (AvgIpc) is 3.08. The molecular weight excluding hydrogens is 321 g/mol. The van der Waals surface area contributed by atoms with Crippen molar-refractivity contribution < 1.29 is 18.0 Å². The predicted molar refractivity (Wildman–Crippen MR) is 81.9 cm³/mol. The summed E-state index contributed by atoms with van der Waals surface area (Å²) >= 11 is 0. The minimum absolute atomic E-state index is 0.0447. The number of nitrogens with one attached hydrogen (secondary N) is 1. The van der Waals surface area contributed by atoms with E-state index in [-0.39, 0.29) is 23.2 Å². The fourth-order valence-electron chi connectivity index (χ4n) is 2.58. The highest BCUT2D eigenvalue weighted by Gasteiger charge is 2.33. The molecule has 0 radical (unpaired) electrons. The monoisotopic (exact) mass is 336 g/mol. The lowest BCUT2D eigenvalue weighted by molar-refractivity contribution is -0.136. The van der Waals surface area contributed by atoms with Gasteiger partial charge in [-0.1, -0.05) is 12.1 Å². The van der Waals surface area contributed by atoms with Crippen LogP contribution < -0.4 is 5.32 Å². The van der Waals surface area contributed by atoms with Crippen molar-refractivity contribution in [2.45, 2.75) is 19.0 Å². The van der Waals surface area contributed by atoms with Crippen LogP contribution in [0.4, 0.5) is 24.8 Å². The summed E-state index contributed by atoms with van der Waals surface area (Å²) in [6, 6.07) is 6.52. The number of halogens is 3. The van der Waals surface area contributed by atoms with Gasteiger partial charge in [0.05, 0.1) is 11.3 Å². The maximum absolute atomic E-state index is 13.0. The van der Waals surface area contributed by atoms with Crippen molar-refractivity contribution in [2.75, 3.05) is 18.4 Å². The zero-order valence-corrected chi connectivity index (χ0v) is 12.7. The van der Waals surface area contributed by atoms with Gasteiger partial charge in [0.15, 0.2) is 0 Å². The van der Waals surface area contributed by atoms with Crippen LogP contribution in [0, 0.1) is 0 Å². The van der Waals surface area contributed by atoms with Crippen LogP contribution in [-0.2, 0) is 6.18 Å². The number of alkyl halides is 3. The summed E-state index contributed by atoms with van der Waals surface area (Å²) < 4.78 is 39.1. The molecule has 0 bridgehead atoms. The van der Waals surface area contributed by atoms with Gasteiger partial charge in [0.2, 0.25) is 5.95 Å². The second kappa shape index (κ2) is 6.46. The van der Waals surface area contributed by atoms with Crippen LogP contribution in [0.1, 0.15) is 28.9 Å². The second-order valence-corrected chi connectivity index (χ2v) is 5.43. The molecule has 0 saturated carbocycles. The van der Waals surface area contributed by atoms with Crippen LogP contribution in [0.15, 0.2) is 36.5 Å². The molecule has 0 aliphatic carbocycles. The molecule has 1 amide bonds. The Labute approximate surface area is 136 Å². The lowest BCUT2D eigenvalue weighted by Gasteiger charge is -2.16. The summed E-state index contributed by atoms with van der Waals surface area (Å²) in [6.45, 7) is 1.34. The van der Waals surface area contributed by atoms with Gasteiger partial charge in [0.1, 0.15) is 5.69 Å². The second-order valence-electron chi connectivity index (χ2n) is 5.43. The third-order valence-electron chi connectivity index (χ3n) is 3.75. The third kappa shape index (κ3) is 3.47. The molecule has 2 aromatic rings. The molecule has 0 spiro atoms. The van der Waals surface area contributed by atoms with Crippen LogP contribution in [0.3, 0.4) is 0 Å². The lowest BCUT2D eigenvalue weighted by atomic mass is 10.1. The van der Waals surface area contributed by atoms with Gasteiger partial charge >= 0.3 is 6.18 Å². The molecule has 1 aliphatic heterocycles. The third-order valence-corrected chi connectivity index (χ3v) is 3.75. The van der Waals surface area contributed by atoms with Crippen molar-refractivity contribution >= 4 is 17.5 Å². The highest BCUT2D eigenvalue weighted by Crippen LogP contribution is 2.35. The maximum atomic E-state index is 13.0. The van der Waals surface area contributed by atoms with E-state index in [9.17, 15) is 18.0 Å². The van der Waals surface area contributed by atoms with E-state index in [2.05, 4.69) is 15.3 Å². The highest BCUT2D eigenvalue weighted by molar-refractivity contribution is 5.92. The van der Waals surface area contributed by atoms with E-state index in [1.807, 2.05) is 0 Å². The number of carbonyl (C=O) groups excluding carboxylic acids is 1. The molecule has 8 heteroatoms. The van der Waals surface area contributed by atoms with E-state index in [0.717, 1.165) is 18.9 Å². The van der Waals surface area contributed by atoms with Crippen LogP contribution in [0.5, 0.6) is 0 Å². The Hall–Kier alpha value is -2.64. The number of carbonyl (C=O) groups is 1. The normalized spacial score (nSPS) is 14.7. The quantitative estimate of drug-likeness (QED) is 0.932. The van der Waals surface area contributed by atoms with Crippen molar-refractivity contribution in [2.24, 2.45) is 0 Å². The smallest absolute Gasteiger partial charge is 0.337 e. The Morgan fingerprint density at radius 1 is 1.12 bits per heavy atom. The topological polar surface area (TPSA) is 58.1 Å². The van der Waals surface area contributed by atoms with Crippen LogP contribution >= 0.6 is 0 Å². The number of hydrogen-bond acceptors (Lipinski definition) is 4. The lowest BCUT2D eigenvalue weighted by Crippen LogP contribution is -2.28. The minimum atomic E-state index is -4.49. The minimum Gasteiger partial charge on any atom is -0.337 e. The first-order valence-electron chi connectivity index (χ1n) is 7.51. The summed E-state index contributed by atoms with van der Waals surface area (Å²) in [6.07, 6.45) is -1.25. The molecule has 24 heavy (non-hydrogen) atoms. The molecule has 1 aromatic heterocycles. The van der Waals surface area contributed by atoms with Gasteiger partial charge in [-0.2, -0.15) is 13.2 Å². The van der Waals surface area contributed by atoms with Crippen LogP contribution in [0.25, 0.3) is 0 Å². The Bertz CT molecular complexity index is 742. The van der Waals surface area contributed by atoms with Crippen molar-refractivity contribution in [1.82, 2.24) is 14.9 Å². The molecule has 1 aromatic carbocycles. The van der Waals surface area contributed by atoms with Gasteiger partial charge in [-0.15, -0.1) is 0 Å². The van der Waals surface area contributed by atoms with Gasteiger partial charge in [-0.25, -0.2) is 9.97 Å². The number of rotatable bonds is 3. The molecule has 3 rings (SSSR count). The molecule has 1 saturated heterocycles. The zero-order valence-electron chi connectivity index (χ0n) is 12.7. The SMILES string of the molecule is O=C(c1ccnc(Nc2ccccc2C(F)(F)F)n1)N1CCCC1. The molecule has 1 fully saturated rings. The van der Waals surface area contributed by atoms with E-state index in [4.69, 9.17) is 0 Å². The van der Waals surface area contributed by atoms with Crippen molar-refractivity contribution in [1.29, 1.82) is 0 Å². The Morgan fingerprint density at radius 3 is 2.54 bits per heavy atom. The summed E-state index contributed by atoms with van der Waals surface area (Å²) in [7, 11) is 0. The summed E-state index contributed by atoms with van der Waals surface area (Å²) in [5, 5.41) is 2.55. The zero-order chi connectivity index (χ0) is 17.2. The fourth-order valence-corrected chi connectivity index (χ4v) is 2.58. The number of hydrogen-bond donors (Lipinski definition) is 1. The van der Waals surface area contributed by atoms with Gasteiger partial charge in [-0.3, -0.25) is 4.79 Å². The van der Waals surface area contributed by atoms with Gasteiger partial charge < -0.3 is 10.2 Å². The van der Waals surface area contributed by atoms with Gasteiger partial charge in [0.25, 0.3) is 5.91 Å². The van der Waals surface area contributed by atoms with Crippen LogP contribution in [0.2, 0.25) is 0 Å². The van der Waals surface area contributed by atoms with Crippen molar-refractivity contribution in [3.63, 3.8) is 0 Å². The standard InChI is InChI=1S/C16H15F3N4O/c17-16(18,19)11-5-1-2-6-12(11)21-15-20-8-7-13(22-15)14(24)23-9-3-4-10-23/h1-2,5-8H,3-4,9-10H2,(H,20,21,22). The number of para-hydroxylation sites is 1. The van der Waals surface area contributed by atoms with E-state index in [0.29, 0.717) is 13.1 Å². The average molecular weight is 336 g/mol. The molecule has 1 aliphatic rings. The first-order chi connectivity index (χ1) is 11.4. The van der Waals surface area contributed by atoms with E-state index in [1.165, 1.54) is 30.5 Å². The number of aromatic nitrogens is 2. The molecule has 2 heterocycles. The number of amides is 1.